The lowest BCUT2D eigenvalue weighted by atomic mass is 10.1. The topological polar surface area (TPSA) is 84.9 Å². The molecule has 0 radical (unpaired) electrons. The highest BCUT2D eigenvalue weighted by atomic mass is 127. The molecular formula is C23H23IN2O5S. The summed E-state index contributed by atoms with van der Waals surface area (Å²) in [6, 6.07) is 9.12. The summed E-state index contributed by atoms with van der Waals surface area (Å²) >= 11 is 2.94. The third kappa shape index (κ3) is 5.44. The minimum Gasteiger partial charge on any atom is -0.493 e. The zero-order chi connectivity index (χ0) is 23.4. The fourth-order valence-electron chi connectivity index (χ4n) is 3.06. The molecule has 3 rings (SSSR count). The summed E-state index contributed by atoms with van der Waals surface area (Å²) in [6.45, 7) is 5.96. The molecular weight excluding hydrogens is 543 g/mol. The summed E-state index contributed by atoms with van der Waals surface area (Å²) in [4.78, 5) is 38.8. The number of benzene rings is 2. The number of carbonyl (C=O) groups is 3. The Hall–Kier alpha value is -2.53. The highest BCUT2D eigenvalue weighted by molar-refractivity contribution is 14.1. The molecule has 2 aromatic rings. The van der Waals surface area contributed by atoms with E-state index in [0.29, 0.717) is 29.4 Å². The summed E-state index contributed by atoms with van der Waals surface area (Å²) in [5.41, 5.74) is 3.47. The molecule has 1 saturated heterocycles. The summed E-state index contributed by atoms with van der Waals surface area (Å²) in [5.74, 6) is 0.230. The molecule has 0 bridgehead atoms. The van der Waals surface area contributed by atoms with Gasteiger partial charge in [-0.25, -0.2) is 0 Å². The maximum Gasteiger partial charge on any atom is 0.294 e. The normalized spacial score (nSPS) is 14.8. The van der Waals surface area contributed by atoms with Gasteiger partial charge in [0.25, 0.3) is 11.1 Å². The van der Waals surface area contributed by atoms with Gasteiger partial charge in [0.15, 0.2) is 11.5 Å². The Morgan fingerprint density at radius 3 is 2.59 bits per heavy atom. The number of nitrogens with one attached hydrogen (secondary N) is 1. The molecule has 9 heteroatoms. The molecule has 0 saturated carbocycles. The van der Waals surface area contributed by atoms with Crippen LogP contribution >= 0.6 is 34.4 Å². The summed E-state index contributed by atoms with van der Waals surface area (Å²) in [6.07, 6.45) is 1.62. The van der Waals surface area contributed by atoms with E-state index < -0.39 is 17.1 Å². The van der Waals surface area contributed by atoms with Crippen molar-refractivity contribution in [1.82, 2.24) is 4.90 Å². The Kier molecular flexibility index (Phi) is 7.83. The van der Waals surface area contributed by atoms with E-state index >= 15 is 0 Å². The molecule has 1 fully saturated rings. The van der Waals surface area contributed by atoms with E-state index in [4.69, 9.17) is 9.47 Å². The average Bonchev–Trinajstić information content (AvgIpc) is 2.99. The number of rotatable bonds is 7. The van der Waals surface area contributed by atoms with Gasteiger partial charge in [-0.05, 0) is 102 Å². The van der Waals surface area contributed by atoms with Gasteiger partial charge < -0.3 is 14.8 Å². The highest BCUT2D eigenvalue weighted by Gasteiger charge is 2.36. The highest BCUT2D eigenvalue weighted by Crippen LogP contribution is 2.37. The van der Waals surface area contributed by atoms with E-state index in [1.54, 1.807) is 25.3 Å². The Morgan fingerprint density at radius 2 is 1.94 bits per heavy atom. The second-order valence-electron chi connectivity index (χ2n) is 7.08. The van der Waals surface area contributed by atoms with Gasteiger partial charge in [0.2, 0.25) is 5.91 Å². The van der Waals surface area contributed by atoms with Crippen LogP contribution in [0.1, 0.15) is 23.6 Å². The van der Waals surface area contributed by atoms with E-state index in [1.807, 2.05) is 39.0 Å². The first kappa shape index (κ1) is 24.1. The second kappa shape index (κ2) is 10.4. The van der Waals surface area contributed by atoms with Crippen molar-refractivity contribution in [3.63, 3.8) is 0 Å². The average molecular weight is 566 g/mol. The number of aryl methyl sites for hydroxylation is 2. The predicted molar refractivity (Wildman–Crippen MR) is 134 cm³/mol. The van der Waals surface area contributed by atoms with Gasteiger partial charge in [-0.3, -0.25) is 19.3 Å². The van der Waals surface area contributed by atoms with Gasteiger partial charge in [0.05, 0.1) is 22.2 Å². The van der Waals surface area contributed by atoms with Crippen molar-refractivity contribution >= 4 is 63.2 Å². The van der Waals surface area contributed by atoms with Crippen LogP contribution in [0.3, 0.4) is 0 Å². The van der Waals surface area contributed by atoms with Crippen LogP contribution in [0.2, 0.25) is 0 Å². The number of nitrogens with zero attached hydrogens (tertiary/aromatic N) is 1. The van der Waals surface area contributed by atoms with E-state index in [9.17, 15) is 14.4 Å². The lowest BCUT2D eigenvalue weighted by Crippen LogP contribution is -2.36. The van der Waals surface area contributed by atoms with Gasteiger partial charge >= 0.3 is 0 Å². The van der Waals surface area contributed by atoms with Crippen molar-refractivity contribution in [2.45, 2.75) is 20.8 Å². The minimum absolute atomic E-state index is 0.246. The van der Waals surface area contributed by atoms with E-state index in [-0.39, 0.29) is 11.4 Å². The fraction of sp³-hybridized carbons (Fsp3) is 0.261. The van der Waals surface area contributed by atoms with Gasteiger partial charge in [-0.1, -0.05) is 6.07 Å². The van der Waals surface area contributed by atoms with Crippen LogP contribution in [0.5, 0.6) is 11.5 Å². The first-order valence-corrected chi connectivity index (χ1v) is 11.8. The van der Waals surface area contributed by atoms with Crippen LogP contribution < -0.4 is 14.8 Å². The maximum atomic E-state index is 12.8. The Balaban J connectivity index is 1.75. The van der Waals surface area contributed by atoms with Crippen molar-refractivity contribution in [3.05, 3.63) is 55.5 Å². The number of hydrogen-bond acceptors (Lipinski definition) is 6. The zero-order valence-corrected chi connectivity index (χ0v) is 21.1. The second-order valence-corrected chi connectivity index (χ2v) is 9.24. The lowest BCUT2D eigenvalue weighted by molar-refractivity contribution is -0.127. The number of methoxy groups -OCH3 is 1. The molecule has 0 aromatic heterocycles. The van der Waals surface area contributed by atoms with Gasteiger partial charge in [-0.15, -0.1) is 0 Å². The molecule has 3 amide bonds. The van der Waals surface area contributed by atoms with E-state index in [0.717, 1.165) is 31.4 Å². The largest absolute Gasteiger partial charge is 0.493 e. The van der Waals surface area contributed by atoms with Gasteiger partial charge in [0.1, 0.15) is 6.54 Å². The van der Waals surface area contributed by atoms with Crippen LogP contribution in [-0.4, -0.2) is 42.2 Å². The van der Waals surface area contributed by atoms with Crippen molar-refractivity contribution in [2.75, 3.05) is 25.6 Å². The molecule has 0 unspecified atom stereocenters. The molecule has 1 aliphatic heterocycles. The molecule has 1 heterocycles. The Morgan fingerprint density at radius 1 is 1.19 bits per heavy atom. The van der Waals surface area contributed by atoms with Crippen LogP contribution in [0.15, 0.2) is 35.2 Å². The Bertz CT molecular complexity index is 1120. The third-order valence-corrected chi connectivity index (χ3v) is 6.51. The first-order chi connectivity index (χ1) is 15.2. The molecule has 0 aliphatic carbocycles. The van der Waals surface area contributed by atoms with Crippen LogP contribution in [0, 0.1) is 17.4 Å². The van der Waals surface area contributed by atoms with Crippen molar-refractivity contribution in [3.8, 4) is 11.5 Å². The van der Waals surface area contributed by atoms with Crippen LogP contribution in [-0.2, 0) is 9.59 Å². The molecule has 0 atom stereocenters. The number of anilines is 1. The molecule has 1 aliphatic rings. The number of hydrogen-bond donors (Lipinski definition) is 1. The SMILES string of the molecule is CCOc1c(I)cc(/C=C2/SC(=O)N(CC(=O)Nc3ccc(C)c(C)c3)C2=O)cc1OC. The standard InChI is InChI=1S/C23H23IN2O5S/c1-5-31-21-17(24)9-15(10-18(21)30-4)11-19-22(28)26(23(29)32-19)12-20(27)25-16-7-6-13(2)14(3)8-16/h6-11H,5,12H2,1-4H3,(H,25,27)/b19-11+. The molecule has 7 nitrogen and oxygen atoms in total. The maximum absolute atomic E-state index is 12.8. The van der Waals surface area contributed by atoms with Crippen molar-refractivity contribution < 1.29 is 23.9 Å². The number of imide groups is 1. The third-order valence-electron chi connectivity index (χ3n) is 4.80. The number of halogens is 1. The summed E-state index contributed by atoms with van der Waals surface area (Å²) in [5, 5.41) is 2.26. The van der Waals surface area contributed by atoms with E-state index in [2.05, 4.69) is 27.9 Å². The number of ether oxygens (including phenoxy) is 2. The molecule has 32 heavy (non-hydrogen) atoms. The smallest absolute Gasteiger partial charge is 0.294 e. The fourth-order valence-corrected chi connectivity index (χ4v) is 4.68. The minimum atomic E-state index is -0.502. The van der Waals surface area contributed by atoms with Crippen molar-refractivity contribution in [2.24, 2.45) is 0 Å². The van der Waals surface area contributed by atoms with Crippen LogP contribution in [0.25, 0.3) is 6.08 Å². The molecule has 2 aromatic carbocycles. The zero-order valence-electron chi connectivity index (χ0n) is 18.2. The molecule has 1 N–H and O–H groups in total. The summed E-state index contributed by atoms with van der Waals surface area (Å²) < 4.78 is 11.8. The molecule has 0 spiro atoms. The monoisotopic (exact) mass is 566 g/mol. The van der Waals surface area contributed by atoms with E-state index in [1.165, 1.54) is 0 Å². The number of carbonyl (C=O) groups excluding carboxylic acids is 3. The summed E-state index contributed by atoms with van der Waals surface area (Å²) in [7, 11) is 1.54. The predicted octanol–water partition coefficient (Wildman–Crippen LogP) is 4.99. The van der Waals surface area contributed by atoms with Gasteiger partial charge in [-0.2, -0.15) is 0 Å². The first-order valence-electron chi connectivity index (χ1n) is 9.86. The molecule has 168 valence electrons. The number of thioether (sulfide) groups is 1. The van der Waals surface area contributed by atoms with Crippen molar-refractivity contribution in [1.29, 1.82) is 0 Å². The Labute approximate surface area is 204 Å². The quantitative estimate of drug-likeness (QED) is 0.376. The van der Waals surface area contributed by atoms with Crippen LogP contribution in [0.4, 0.5) is 10.5 Å². The lowest BCUT2D eigenvalue weighted by Gasteiger charge is -2.13. The van der Waals surface area contributed by atoms with Gasteiger partial charge in [0, 0.05) is 5.69 Å². The number of amides is 3.